The summed E-state index contributed by atoms with van der Waals surface area (Å²) in [7, 11) is 0. The number of thiophene rings is 1. The molecule has 0 bridgehead atoms. The van der Waals surface area contributed by atoms with Gasteiger partial charge in [0.25, 0.3) is 5.91 Å². The second-order valence-electron chi connectivity index (χ2n) is 4.88. The van der Waals surface area contributed by atoms with Crippen molar-refractivity contribution in [3.63, 3.8) is 0 Å². The predicted molar refractivity (Wildman–Crippen MR) is 74.4 cm³/mol. The Bertz CT molecular complexity index is 388. The van der Waals surface area contributed by atoms with Crippen LogP contribution in [0.1, 0.15) is 36.9 Å². The molecule has 5 heteroatoms. The number of aliphatic hydroxyl groups is 1. The maximum Gasteiger partial charge on any atom is 0.261 e. The lowest BCUT2D eigenvalue weighted by Gasteiger charge is -2.25. The number of carbonyl (C=O) groups excluding carboxylic acids is 1. The molecule has 1 unspecified atom stereocenters. The first-order valence-electron chi connectivity index (χ1n) is 5.56. The molecule has 0 aromatic carbocycles. The molecule has 3 nitrogen and oxygen atoms in total. The van der Waals surface area contributed by atoms with Crippen molar-refractivity contribution in [3.05, 3.63) is 20.8 Å². The van der Waals surface area contributed by atoms with E-state index in [0.29, 0.717) is 17.2 Å². The quantitative estimate of drug-likeness (QED) is 0.876. The predicted octanol–water partition coefficient (Wildman–Crippen LogP) is 3.04. The molecule has 0 spiro atoms. The number of hydrogen-bond acceptors (Lipinski definition) is 3. The van der Waals surface area contributed by atoms with Gasteiger partial charge in [0.1, 0.15) is 0 Å². The normalized spacial score (nSPS) is 14.7. The van der Waals surface area contributed by atoms with Gasteiger partial charge in [-0.05, 0) is 47.3 Å². The van der Waals surface area contributed by atoms with Crippen LogP contribution in [0.3, 0.4) is 0 Å². The highest BCUT2D eigenvalue weighted by Crippen LogP contribution is 2.22. The highest BCUT2D eigenvalue weighted by molar-refractivity contribution is 9.11. The average Bonchev–Trinajstić information content (AvgIpc) is 2.59. The summed E-state index contributed by atoms with van der Waals surface area (Å²) in [5, 5.41) is 12.8. The van der Waals surface area contributed by atoms with Crippen LogP contribution in [-0.2, 0) is 0 Å². The van der Waals surface area contributed by atoms with Gasteiger partial charge in [-0.25, -0.2) is 0 Å². The van der Waals surface area contributed by atoms with Crippen molar-refractivity contribution in [2.45, 2.75) is 32.8 Å². The fraction of sp³-hybridized carbons (Fsp3) is 0.583. The number of carbonyl (C=O) groups is 1. The molecule has 1 heterocycles. The maximum absolute atomic E-state index is 11.8. The fourth-order valence-electron chi connectivity index (χ4n) is 1.75. The van der Waals surface area contributed by atoms with Crippen LogP contribution in [0.15, 0.2) is 15.9 Å². The molecule has 0 aliphatic rings. The minimum absolute atomic E-state index is 0.135. The van der Waals surface area contributed by atoms with Crippen LogP contribution >= 0.6 is 27.3 Å². The Morgan fingerprint density at radius 1 is 1.59 bits per heavy atom. The first-order chi connectivity index (χ1) is 7.80. The minimum atomic E-state index is -0.849. The first-order valence-corrected chi connectivity index (χ1v) is 7.17. The Balaban J connectivity index is 2.48. The molecular formula is C12H18BrNO2S. The molecule has 0 aliphatic carbocycles. The van der Waals surface area contributed by atoms with E-state index in [9.17, 15) is 9.90 Å². The Morgan fingerprint density at radius 3 is 2.71 bits per heavy atom. The highest BCUT2D eigenvalue weighted by Gasteiger charge is 2.23. The van der Waals surface area contributed by atoms with E-state index in [0.717, 1.165) is 3.79 Å². The van der Waals surface area contributed by atoms with Gasteiger partial charge in [-0.15, -0.1) is 11.3 Å². The van der Waals surface area contributed by atoms with Gasteiger partial charge in [-0.3, -0.25) is 4.79 Å². The lowest BCUT2D eigenvalue weighted by Crippen LogP contribution is -2.41. The van der Waals surface area contributed by atoms with Crippen LogP contribution in [0.25, 0.3) is 0 Å². The largest absolute Gasteiger partial charge is 0.388 e. The zero-order valence-corrected chi connectivity index (χ0v) is 12.7. The number of amides is 1. The summed E-state index contributed by atoms with van der Waals surface area (Å²) in [5.74, 6) is 0.266. The van der Waals surface area contributed by atoms with Crippen LogP contribution in [0, 0.1) is 5.92 Å². The SMILES string of the molecule is CC(C)CC(C)(O)CNC(=O)c1ccc(Br)s1. The summed E-state index contributed by atoms with van der Waals surface area (Å²) in [6.07, 6.45) is 0.668. The second kappa shape index (κ2) is 5.98. The standard InChI is InChI=1S/C12H18BrNO2S/c1-8(2)6-12(3,16)7-14-11(15)9-4-5-10(13)17-9/h4-5,8,16H,6-7H2,1-3H3,(H,14,15). The molecule has 1 rings (SSSR count). The highest BCUT2D eigenvalue weighted by atomic mass is 79.9. The Labute approximate surface area is 114 Å². The molecule has 1 amide bonds. The Morgan fingerprint density at radius 2 is 2.24 bits per heavy atom. The molecule has 2 N–H and O–H groups in total. The minimum Gasteiger partial charge on any atom is -0.388 e. The summed E-state index contributed by atoms with van der Waals surface area (Å²) in [4.78, 5) is 12.4. The van der Waals surface area contributed by atoms with Crippen LogP contribution in [0.5, 0.6) is 0 Å². The summed E-state index contributed by atoms with van der Waals surface area (Å²) < 4.78 is 0.927. The molecule has 0 saturated carbocycles. The number of hydrogen-bond donors (Lipinski definition) is 2. The van der Waals surface area contributed by atoms with Gasteiger partial charge in [0.2, 0.25) is 0 Å². The summed E-state index contributed by atoms with van der Waals surface area (Å²) in [6.45, 7) is 6.12. The molecule has 96 valence electrons. The van der Waals surface area contributed by atoms with Gasteiger partial charge in [-0.2, -0.15) is 0 Å². The summed E-state index contributed by atoms with van der Waals surface area (Å²) in [6, 6.07) is 3.60. The van der Waals surface area contributed by atoms with Gasteiger partial charge in [0, 0.05) is 6.54 Å². The fourth-order valence-corrected chi connectivity index (χ4v) is 3.05. The monoisotopic (exact) mass is 319 g/mol. The van der Waals surface area contributed by atoms with Gasteiger partial charge in [-0.1, -0.05) is 13.8 Å². The summed E-state index contributed by atoms with van der Waals surface area (Å²) >= 11 is 4.70. The molecule has 17 heavy (non-hydrogen) atoms. The smallest absolute Gasteiger partial charge is 0.261 e. The van der Waals surface area contributed by atoms with Crippen molar-refractivity contribution >= 4 is 33.2 Å². The van der Waals surface area contributed by atoms with E-state index in [4.69, 9.17) is 0 Å². The van der Waals surface area contributed by atoms with Crippen molar-refractivity contribution in [2.75, 3.05) is 6.54 Å². The second-order valence-corrected chi connectivity index (χ2v) is 7.34. The van der Waals surface area contributed by atoms with Crippen molar-refractivity contribution in [1.29, 1.82) is 0 Å². The van der Waals surface area contributed by atoms with Gasteiger partial charge < -0.3 is 10.4 Å². The number of rotatable bonds is 5. The van der Waals surface area contributed by atoms with Crippen molar-refractivity contribution in [1.82, 2.24) is 5.32 Å². The van der Waals surface area contributed by atoms with Gasteiger partial charge in [0.15, 0.2) is 0 Å². The van der Waals surface area contributed by atoms with Crippen molar-refractivity contribution in [3.8, 4) is 0 Å². The zero-order valence-electron chi connectivity index (χ0n) is 10.3. The Hall–Kier alpha value is -0.390. The lowest BCUT2D eigenvalue weighted by atomic mass is 9.94. The van der Waals surface area contributed by atoms with Crippen molar-refractivity contribution in [2.24, 2.45) is 5.92 Å². The molecule has 0 aliphatic heterocycles. The molecule has 0 fully saturated rings. The topological polar surface area (TPSA) is 49.3 Å². The molecule has 0 radical (unpaired) electrons. The van der Waals surface area contributed by atoms with Crippen LogP contribution in [0.4, 0.5) is 0 Å². The van der Waals surface area contributed by atoms with Crippen LogP contribution in [-0.4, -0.2) is 23.2 Å². The zero-order chi connectivity index (χ0) is 13.1. The molecule has 0 saturated heterocycles. The van der Waals surface area contributed by atoms with E-state index in [-0.39, 0.29) is 12.5 Å². The maximum atomic E-state index is 11.8. The third kappa shape index (κ3) is 5.19. The van der Waals surface area contributed by atoms with E-state index in [1.54, 1.807) is 13.0 Å². The van der Waals surface area contributed by atoms with Gasteiger partial charge in [0.05, 0.1) is 14.3 Å². The van der Waals surface area contributed by atoms with E-state index in [2.05, 4.69) is 21.2 Å². The average molecular weight is 320 g/mol. The van der Waals surface area contributed by atoms with E-state index >= 15 is 0 Å². The van der Waals surface area contributed by atoms with E-state index in [1.807, 2.05) is 19.9 Å². The molecular weight excluding hydrogens is 302 g/mol. The molecule has 1 aromatic rings. The number of nitrogens with one attached hydrogen (secondary N) is 1. The van der Waals surface area contributed by atoms with Crippen molar-refractivity contribution < 1.29 is 9.90 Å². The molecule has 1 atom stereocenters. The lowest BCUT2D eigenvalue weighted by molar-refractivity contribution is 0.0369. The van der Waals surface area contributed by atoms with E-state index < -0.39 is 5.60 Å². The van der Waals surface area contributed by atoms with Crippen LogP contribution < -0.4 is 5.32 Å². The molecule has 1 aromatic heterocycles. The van der Waals surface area contributed by atoms with E-state index in [1.165, 1.54) is 11.3 Å². The summed E-state index contributed by atoms with van der Waals surface area (Å²) in [5.41, 5.74) is -0.849. The van der Waals surface area contributed by atoms with Crippen LogP contribution in [0.2, 0.25) is 0 Å². The Kier molecular flexibility index (Phi) is 5.16. The number of halogens is 1. The first kappa shape index (κ1) is 14.7. The third-order valence-electron chi connectivity index (χ3n) is 2.27. The third-order valence-corrected chi connectivity index (χ3v) is 3.90. The van der Waals surface area contributed by atoms with Gasteiger partial charge >= 0.3 is 0 Å².